The molecule has 0 aliphatic carbocycles. The summed E-state index contributed by atoms with van der Waals surface area (Å²) in [5.74, 6) is -1.03. The second kappa shape index (κ2) is 8.06. The van der Waals surface area contributed by atoms with Crippen LogP contribution in [-0.2, 0) is 14.6 Å². The summed E-state index contributed by atoms with van der Waals surface area (Å²) in [6, 6.07) is 9.96. The molecule has 2 amide bonds. The van der Waals surface area contributed by atoms with Crippen molar-refractivity contribution in [3.8, 4) is 0 Å². The minimum absolute atomic E-state index is 0.0307. The summed E-state index contributed by atoms with van der Waals surface area (Å²) in [6.45, 7) is 3.93. The Balaban J connectivity index is 1.73. The lowest BCUT2D eigenvalue weighted by Crippen LogP contribution is -2.59. The maximum atomic E-state index is 13.4. The molecule has 0 saturated carbocycles. The van der Waals surface area contributed by atoms with Gasteiger partial charge in [-0.25, -0.2) is 17.6 Å². The fraction of sp³-hybridized carbons (Fsp3) is 0.333. The molecule has 30 heavy (non-hydrogen) atoms. The van der Waals surface area contributed by atoms with Gasteiger partial charge in [-0.15, -0.1) is 0 Å². The van der Waals surface area contributed by atoms with Crippen molar-refractivity contribution >= 4 is 27.5 Å². The Morgan fingerprint density at radius 1 is 1.20 bits per heavy atom. The number of carbonyl (C=O) groups excluding carboxylic acids is 2. The van der Waals surface area contributed by atoms with E-state index < -0.39 is 27.3 Å². The minimum Gasteiger partial charge on any atom is -0.453 e. The Hall–Kier alpha value is -2.94. The standard InChI is InChI=1S/C21H23FN2O5S/c1-14-9-16(7-8-18(14)22)23-19(25)15-5-4-6-17(10-15)30(27,28)13-21(2)11-24(12-21)20(26)29-3/h4-10H,11-13H2,1-3H3,(H,23,25). The van der Waals surface area contributed by atoms with E-state index in [2.05, 4.69) is 10.1 Å². The zero-order chi connectivity index (χ0) is 22.1. The first-order valence-corrected chi connectivity index (χ1v) is 10.9. The van der Waals surface area contributed by atoms with E-state index in [1.165, 1.54) is 54.5 Å². The van der Waals surface area contributed by atoms with Gasteiger partial charge in [-0.3, -0.25) is 4.79 Å². The molecule has 3 rings (SSSR count). The Morgan fingerprint density at radius 2 is 1.90 bits per heavy atom. The highest BCUT2D eigenvalue weighted by atomic mass is 32.2. The molecule has 1 saturated heterocycles. The molecule has 2 aromatic carbocycles. The molecule has 1 aliphatic rings. The second-order valence-corrected chi connectivity index (χ2v) is 9.83. The van der Waals surface area contributed by atoms with Gasteiger partial charge in [-0.05, 0) is 48.9 Å². The predicted octanol–water partition coefficient (Wildman–Crippen LogP) is 3.25. The third-order valence-electron chi connectivity index (χ3n) is 4.99. The van der Waals surface area contributed by atoms with Crippen LogP contribution in [0.1, 0.15) is 22.8 Å². The Labute approximate surface area is 174 Å². The lowest BCUT2D eigenvalue weighted by molar-refractivity contribution is 0.0279. The maximum Gasteiger partial charge on any atom is 0.409 e. The normalized spacial score (nSPS) is 15.3. The summed E-state index contributed by atoms with van der Waals surface area (Å²) < 4.78 is 43.8. The van der Waals surface area contributed by atoms with Gasteiger partial charge in [-0.2, -0.15) is 0 Å². The van der Waals surface area contributed by atoms with Gasteiger partial charge in [-0.1, -0.05) is 13.0 Å². The van der Waals surface area contributed by atoms with Gasteiger partial charge in [0.15, 0.2) is 9.84 Å². The van der Waals surface area contributed by atoms with Crippen LogP contribution in [0.15, 0.2) is 47.4 Å². The van der Waals surface area contributed by atoms with Crippen molar-refractivity contribution in [3.05, 3.63) is 59.4 Å². The van der Waals surface area contributed by atoms with E-state index in [0.717, 1.165) is 0 Å². The summed E-state index contributed by atoms with van der Waals surface area (Å²) in [6.07, 6.45) is -0.487. The van der Waals surface area contributed by atoms with Crippen LogP contribution in [0.5, 0.6) is 0 Å². The lowest BCUT2D eigenvalue weighted by atomic mass is 9.84. The molecular weight excluding hydrogens is 411 g/mol. The number of nitrogens with one attached hydrogen (secondary N) is 1. The molecule has 1 heterocycles. The van der Waals surface area contributed by atoms with Crippen LogP contribution in [0, 0.1) is 18.2 Å². The molecule has 0 spiro atoms. The number of halogens is 1. The number of aryl methyl sites for hydroxylation is 1. The van der Waals surface area contributed by atoms with Crippen LogP contribution in [0.4, 0.5) is 14.9 Å². The van der Waals surface area contributed by atoms with Gasteiger partial charge >= 0.3 is 6.09 Å². The lowest BCUT2D eigenvalue weighted by Gasteiger charge is -2.46. The summed E-state index contributed by atoms with van der Waals surface area (Å²) >= 11 is 0. The monoisotopic (exact) mass is 434 g/mol. The fourth-order valence-corrected chi connectivity index (χ4v) is 5.38. The van der Waals surface area contributed by atoms with E-state index in [9.17, 15) is 22.4 Å². The van der Waals surface area contributed by atoms with Crippen LogP contribution < -0.4 is 5.32 Å². The summed E-state index contributed by atoms with van der Waals surface area (Å²) in [4.78, 5) is 25.5. The number of anilines is 1. The van der Waals surface area contributed by atoms with Gasteiger partial charge in [0.25, 0.3) is 5.91 Å². The molecule has 0 aromatic heterocycles. The third kappa shape index (κ3) is 4.62. The van der Waals surface area contributed by atoms with Crippen molar-refractivity contribution in [1.29, 1.82) is 0 Å². The molecule has 9 heteroatoms. The molecular formula is C21H23FN2O5S. The first kappa shape index (κ1) is 21.8. The van der Waals surface area contributed by atoms with Crippen LogP contribution >= 0.6 is 0 Å². The molecule has 2 aromatic rings. The van der Waals surface area contributed by atoms with Gasteiger partial charge < -0.3 is 15.0 Å². The average Bonchev–Trinajstić information content (AvgIpc) is 2.68. The molecule has 1 fully saturated rings. The predicted molar refractivity (Wildman–Crippen MR) is 110 cm³/mol. The van der Waals surface area contributed by atoms with E-state index in [4.69, 9.17) is 0 Å². The van der Waals surface area contributed by atoms with Crippen molar-refractivity contribution in [2.75, 3.05) is 31.3 Å². The Bertz CT molecular complexity index is 1090. The molecule has 1 N–H and O–H groups in total. The first-order chi connectivity index (χ1) is 14.0. The number of rotatable bonds is 5. The highest BCUT2D eigenvalue weighted by Crippen LogP contribution is 2.33. The van der Waals surface area contributed by atoms with Gasteiger partial charge in [0.1, 0.15) is 5.82 Å². The second-order valence-electron chi connectivity index (χ2n) is 7.84. The number of hydrogen-bond acceptors (Lipinski definition) is 5. The summed E-state index contributed by atoms with van der Waals surface area (Å²) in [5.41, 5.74) is 0.389. The van der Waals surface area contributed by atoms with Crippen LogP contribution in [0.2, 0.25) is 0 Å². The van der Waals surface area contributed by atoms with Gasteiger partial charge in [0.2, 0.25) is 0 Å². The number of sulfone groups is 1. The van der Waals surface area contributed by atoms with E-state index in [1.807, 2.05) is 0 Å². The fourth-order valence-electron chi connectivity index (χ4n) is 3.52. The van der Waals surface area contributed by atoms with Crippen LogP contribution in [0.3, 0.4) is 0 Å². The molecule has 7 nitrogen and oxygen atoms in total. The average molecular weight is 434 g/mol. The van der Waals surface area contributed by atoms with Crippen molar-refractivity contribution in [2.24, 2.45) is 5.41 Å². The highest BCUT2D eigenvalue weighted by Gasteiger charge is 2.45. The van der Waals surface area contributed by atoms with Crippen molar-refractivity contribution in [3.63, 3.8) is 0 Å². The molecule has 0 unspecified atom stereocenters. The molecule has 0 atom stereocenters. The van der Waals surface area contributed by atoms with Crippen LogP contribution in [-0.4, -0.2) is 51.3 Å². The Morgan fingerprint density at radius 3 is 2.53 bits per heavy atom. The molecule has 0 bridgehead atoms. The number of likely N-dealkylation sites (tertiary alicyclic amines) is 1. The van der Waals surface area contributed by atoms with E-state index in [1.54, 1.807) is 13.8 Å². The number of hydrogen-bond donors (Lipinski definition) is 1. The quantitative estimate of drug-likeness (QED) is 0.780. The van der Waals surface area contributed by atoms with E-state index >= 15 is 0 Å². The summed E-state index contributed by atoms with van der Waals surface area (Å²) in [5, 5.41) is 2.64. The smallest absolute Gasteiger partial charge is 0.409 e. The first-order valence-electron chi connectivity index (χ1n) is 9.26. The SMILES string of the molecule is COC(=O)N1CC(C)(CS(=O)(=O)c2cccc(C(=O)Nc3ccc(F)c(C)c3)c2)C1. The number of carbonyl (C=O) groups is 2. The molecule has 0 radical (unpaired) electrons. The maximum absolute atomic E-state index is 13.4. The zero-order valence-corrected chi connectivity index (χ0v) is 17.8. The van der Waals surface area contributed by atoms with Crippen LogP contribution in [0.25, 0.3) is 0 Å². The van der Waals surface area contributed by atoms with Gasteiger partial charge in [0, 0.05) is 29.8 Å². The van der Waals surface area contributed by atoms with E-state index in [0.29, 0.717) is 11.3 Å². The highest BCUT2D eigenvalue weighted by molar-refractivity contribution is 7.91. The Kier molecular flexibility index (Phi) is 5.85. The third-order valence-corrected chi connectivity index (χ3v) is 7.04. The largest absolute Gasteiger partial charge is 0.453 e. The van der Waals surface area contributed by atoms with Crippen molar-refractivity contribution < 1.29 is 27.1 Å². The van der Waals surface area contributed by atoms with E-state index in [-0.39, 0.29) is 35.1 Å². The molecule has 1 aliphatic heterocycles. The number of nitrogens with zero attached hydrogens (tertiary/aromatic N) is 1. The summed E-state index contributed by atoms with van der Waals surface area (Å²) in [7, 11) is -2.41. The van der Waals surface area contributed by atoms with Crippen molar-refractivity contribution in [1.82, 2.24) is 4.90 Å². The molecule has 160 valence electrons. The zero-order valence-electron chi connectivity index (χ0n) is 16.9. The number of benzene rings is 2. The van der Waals surface area contributed by atoms with Gasteiger partial charge in [0.05, 0.1) is 17.8 Å². The number of ether oxygens (including phenoxy) is 1. The number of amides is 2. The minimum atomic E-state index is -3.68. The van der Waals surface area contributed by atoms with Crippen molar-refractivity contribution in [2.45, 2.75) is 18.7 Å². The topological polar surface area (TPSA) is 92.8 Å². The number of methoxy groups -OCH3 is 1.